The van der Waals surface area contributed by atoms with Crippen LogP contribution < -0.4 is 0 Å². The van der Waals surface area contributed by atoms with Gasteiger partial charge in [-0.15, -0.1) is 0 Å². The summed E-state index contributed by atoms with van der Waals surface area (Å²) >= 11 is -2.67. The molecule has 0 unspecified atom stereocenters. The average molecular weight is 628 g/mol. The molecule has 4 aromatic carbocycles. The molecule has 6 rings (SSSR count). The van der Waals surface area contributed by atoms with Crippen LogP contribution in [-0.2, 0) is 32.1 Å². The van der Waals surface area contributed by atoms with Crippen molar-refractivity contribution in [2.24, 2.45) is 0 Å². The first-order valence-electron chi connectivity index (χ1n) is 15.5. The van der Waals surface area contributed by atoms with E-state index >= 15 is 0 Å². The van der Waals surface area contributed by atoms with Gasteiger partial charge in [0.2, 0.25) is 0 Å². The summed E-state index contributed by atoms with van der Waals surface area (Å²) in [6.07, 6.45) is 8.24. The van der Waals surface area contributed by atoms with E-state index < -0.39 is 21.3 Å². The van der Waals surface area contributed by atoms with Crippen molar-refractivity contribution in [3.8, 4) is 11.1 Å². The Bertz CT molecular complexity index is 1630. The van der Waals surface area contributed by atoms with Gasteiger partial charge in [0.15, 0.2) is 0 Å². The van der Waals surface area contributed by atoms with Gasteiger partial charge in [0, 0.05) is 0 Å². The quantitative estimate of drug-likeness (QED) is 0.211. The molecule has 0 fully saturated rings. The third-order valence-corrected chi connectivity index (χ3v) is 17.4. The van der Waals surface area contributed by atoms with Gasteiger partial charge in [0.05, 0.1) is 0 Å². The summed E-state index contributed by atoms with van der Waals surface area (Å²) in [6.45, 7) is 18.4. The van der Waals surface area contributed by atoms with Crippen molar-refractivity contribution in [1.82, 2.24) is 0 Å². The van der Waals surface area contributed by atoms with Crippen LogP contribution in [0.1, 0.15) is 96.1 Å². The molecule has 42 heavy (non-hydrogen) atoms. The fourth-order valence-electron chi connectivity index (χ4n) is 6.70. The maximum atomic E-state index is 2.50. The number of fused-ring (bicyclic) bond motifs is 3. The second-order valence-electron chi connectivity index (χ2n) is 14.4. The van der Waals surface area contributed by atoms with Gasteiger partial charge in [-0.2, -0.15) is 0 Å². The van der Waals surface area contributed by atoms with Gasteiger partial charge in [-0.05, 0) is 0 Å². The molecule has 2 aliphatic carbocycles. The molecule has 0 nitrogen and oxygen atoms in total. The van der Waals surface area contributed by atoms with Gasteiger partial charge >= 0.3 is 263 Å². The van der Waals surface area contributed by atoms with Crippen LogP contribution in [0.4, 0.5) is 0 Å². The molecule has 1 heteroatoms. The zero-order valence-corrected chi connectivity index (χ0v) is 29.1. The summed E-state index contributed by atoms with van der Waals surface area (Å²) in [5.74, 6) is 0. The molecular formula is C41H44Zr. The van der Waals surface area contributed by atoms with E-state index in [9.17, 15) is 0 Å². The van der Waals surface area contributed by atoms with Crippen molar-refractivity contribution < 1.29 is 21.3 Å². The Morgan fingerprint density at radius 1 is 0.619 bits per heavy atom. The maximum absolute atomic E-state index is 2.67. The summed E-state index contributed by atoms with van der Waals surface area (Å²) in [5, 5.41) is 0. The summed E-state index contributed by atoms with van der Waals surface area (Å²) in [7, 11) is 0. The van der Waals surface area contributed by atoms with E-state index in [1.54, 1.807) is 17.6 Å². The average Bonchev–Trinajstić information content (AvgIpc) is 3.57. The van der Waals surface area contributed by atoms with Gasteiger partial charge in [-0.3, -0.25) is 0 Å². The molecule has 0 bridgehead atoms. The van der Waals surface area contributed by atoms with Gasteiger partial charge in [0.25, 0.3) is 0 Å². The Kier molecular flexibility index (Phi) is 7.64. The Morgan fingerprint density at radius 2 is 1.07 bits per heavy atom. The van der Waals surface area contributed by atoms with Gasteiger partial charge in [-0.1, -0.05) is 0 Å². The van der Waals surface area contributed by atoms with Crippen LogP contribution in [0.3, 0.4) is 0 Å². The van der Waals surface area contributed by atoms with Crippen molar-refractivity contribution >= 4 is 3.21 Å². The molecular weight excluding hydrogens is 584 g/mol. The number of hydrogen-bond donors (Lipinski definition) is 0. The Balaban J connectivity index is 1.69. The topological polar surface area (TPSA) is 0 Å². The van der Waals surface area contributed by atoms with Gasteiger partial charge in [-0.25, -0.2) is 0 Å². The first-order chi connectivity index (χ1) is 19.9. The van der Waals surface area contributed by atoms with Crippen LogP contribution in [0.15, 0.2) is 106 Å². The van der Waals surface area contributed by atoms with Gasteiger partial charge in [0.1, 0.15) is 0 Å². The molecule has 0 atom stereocenters. The van der Waals surface area contributed by atoms with E-state index in [4.69, 9.17) is 0 Å². The first-order valence-corrected chi connectivity index (χ1v) is 19.3. The SMILES string of the molecule is Cc1ccc2c(c1)[CH]([Zr]([C]1=CC=CC1)=[C](c1ccc(C(C)(C)C)cc1)c1ccc(C(C)(C)C)cc1)c1cc(C)ccc1-2. The van der Waals surface area contributed by atoms with Crippen LogP contribution in [0.5, 0.6) is 0 Å². The molecule has 2 aliphatic rings. The van der Waals surface area contributed by atoms with Crippen molar-refractivity contribution in [3.63, 3.8) is 0 Å². The van der Waals surface area contributed by atoms with E-state index in [2.05, 4.69) is 159 Å². The zero-order chi connectivity index (χ0) is 29.8. The van der Waals surface area contributed by atoms with Crippen LogP contribution in [0.2, 0.25) is 0 Å². The standard InChI is InChI=1S/C21H26.C15H13.C5H5.Zr/c1-20(2,3)18-11-7-16(8-12-18)15-17-9-13-19(14-10-17)21(4,5)6;1-10-3-5-14-12(7-10)9-13-8-11(2)4-6-15(13)14;1-2-4-5-3-1;/h7-14H,1-6H3;3-9H,1-2H3;1-3H,4H2;. The van der Waals surface area contributed by atoms with E-state index in [0.717, 1.165) is 6.42 Å². The summed E-state index contributed by atoms with van der Waals surface area (Å²) in [6, 6.07) is 33.6. The Labute approximate surface area is 261 Å². The molecule has 0 heterocycles. The second-order valence-corrected chi connectivity index (χ2v) is 20.6. The van der Waals surface area contributed by atoms with Gasteiger partial charge < -0.3 is 0 Å². The second kappa shape index (κ2) is 11.0. The number of aryl methyl sites for hydroxylation is 2. The van der Waals surface area contributed by atoms with Crippen LogP contribution >= 0.6 is 0 Å². The fourth-order valence-corrected chi connectivity index (χ4v) is 15.7. The van der Waals surface area contributed by atoms with Crippen molar-refractivity contribution in [3.05, 3.63) is 151 Å². The predicted molar refractivity (Wildman–Crippen MR) is 179 cm³/mol. The van der Waals surface area contributed by atoms with E-state index in [0.29, 0.717) is 3.63 Å². The molecule has 0 spiro atoms. The van der Waals surface area contributed by atoms with Crippen LogP contribution in [0.25, 0.3) is 11.1 Å². The molecule has 0 aromatic heterocycles. The molecule has 0 aliphatic heterocycles. The number of benzene rings is 4. The van der Waals surface area contributed by atoms with Crippen molar-refractivity contribution in [1.29, 1.82) is 0 Å². The van der Waals surface area contributed by atoms with Crippen LogP contribution in [0, 0.1) is 13.8 Å². The van der Waals surface area contributed by atoms with E-state index in [1.165, 1.54) is 44.5 Å². The Morgan fingerprint density at radius 3 is 1.45 bits per heavy atom. The monoisotopic (exact) mass is 626 g/mol. The van der Waals surface area contributed by atoms with Crippen LogP contribution in [-0.4, -0.2) is 3.21 Å². The molecule has 0 amide bonds. The fraction of sp³-hybridized carbons (Fsp3) is 0.293. The summed E-state index contributed by atoms with van der Waals surface area (Å²) in [5.41, 5.74) is 14.5. The number of rotatable bonds is 4. The third kappa shape index (κ3) is 5.46. The Hall–Kier alpha value is -2.89. The zero-order valence-electron chi connectivity index (χ0n) is 26.6. The number of hydrogen-bond acceptors (Lipinski definition) is 0. The normalized spacial score (nSPS) is 14.5. The predicted octanol–water partition coefficient (Wildman–Crippen LogP) is 10.7. The van der Waals surface area contributed by atoms with Crippen molar-refractivity contribution in [2.45, 2.75) is 76.3 Å². The summed E-state index contributed by atoms with van der Waals surface area (Å²) in [4.78, 5) is 0. The minimum absolute atomic E-state index is 0.130. The molecule has 0 saturated carbocycles. The number of allylic oxidation sites excluding steroid dienone is 4. The third-order valence-electron chi connectivity index (χ3n) is 9.08. The van der Waals surface area contributed by atoms with Crippen molar-refractivity contribution in [2.75, 3.05) is 0 Å². The molecule has 212 valence electrons. The summed E-state index contributed by atoms with van der Waals surface area (Å²) < 4.78 is 3.77. The van der Waals surface area contributed by atoms with E-state index in [1.807, 2.05) is 0 Å². The first kappa shape index (κ1) is 29.2. The molecule has 4 aromatic rings. The van der Waals surface area contributed by atoms with E-state index in [-0.39, 0.29) is 10.8 Å². The minimum atomic E-state index is -2.67. The molecule has 0 saturated heterocycles. The molecule has 0 radical (unpaired) electrons. The molecule has 0 N–H and O–H groups in total.